The Bertz CT molecular complexity index is 409. The Morgan fingerprint density at radius 1 is 1.38 bits per heavy atom. The molecule has 2 atom stereocenters. The number of hydrogen-bond donors (Lipinski definition) is 2. The van der Waals surface area contributed by atoms with Crippen LogP contribution in [-0.2, 0) is 11.2 Å². The summed E-state index contributed by atoms with van der Waals surface area (Å²) < 4.78 is 0. The van der Waals surface area contributed by atoms with Gasteiger partial charge in [-0.2, -0.15) is 0 Å². The number of hydrogen-bond acceptors (Lipinski definition) is 3. The molecular weight excluding hydrogens is 280 g/mol. The summed E-state index contributed by atoms with van der Waals surface area (Å²) >= 11 is 1.74. The van der Waals surface area contributed by atoms with Crippen molar-refractivity contribution in [3.8, 4) is 0 Å². The first-order valence-corrected chi connectivity index (χ1v) is 8.72. The van der Waals surface area contributed by atoms with E-state index in [1.807, 2.05) is 0 Å². The maximum atomic E-state index is 12.1. The number of carbonyl (C=O) groups excluding carboxylic acids is 1. The largest absolute Gasteiger partial charge is 0.353 e. The second-order valence-corrected chi connectivity index (χ2v) is 7.96. The maximum absolute atomic E-state index is 12.1. The molecule has 0 aliphatic carbocycles. The Morgan fingerprint density at radius 3 is 2.62 bits per heavy atom. The van der Waals surface area contributed by atoms with Gasteiger partial charge in [-0.3, -0.25) is 4.79 Å². The van der Waals surface area contributed by atoms with Crippen LogP contribution in [0.3, 0.4) is 0 Å². The van der Waals surface area contributed by atoms with Gasteiger partial charge in [-0.1, -0.05) is 26.8 Å². The molecule has 2 unspecified atom stereocenters. The van der Waals surface area contributed by atoms with Crippen LogP contribution in [0, 0.1) is 11.3 Å². The summed E-state index contributed by atoms with van der Waals surface area (Å²) in [6, 6.07) is 4.36. The molecule has 3 nitrogen and oxygen atoms in total. The van der Waals surface area contributed by atoms with Crippen molar-refractivity contribution < 1.29 is 4.79 Å². The minimum atomic E-state index is 0.158. The van der Waals surface area contributed by atoms with Crippen LogP contribution in [0.25, 0.3) is 0 Å². The lowest BCUT2D eigenvalue weighted by molar-refractivity contribution is -0.122. The van der Waals surface area contributed by atoms with E-state index in [0.717, 1.165) is 19.3 Å². The third-order valence-electron chi connectivity index (χ3n) is 3.95. The summed E-state index contributed by atoms with van der Waals surface area (Å²) in [6.07, 6.45) is 3.41. The van der Waals surface area contributed by atoms with Crippen molar-refractivity contribution in [1.29, 1.82) is 0 Å². The topological polar surface area (TPSA) is 55.1 Å². The molecule has 0 aromatic carbocycles. The minimum Gasteiger partial charge on any atom is -0.353 e. The highest BCUT2D eigenvalue weighted by atomic mass is 32.1. The van der Waals surface area contributed by atoms with Gasteiger partial charge in [-0.05, 0) is 49.1 Å². The fourth-order valence-electron chi connectivity index (χ4n) is 2.65. The molecule has 120 valence electrons. The highest BCUT2D eigenvalue weighted by Gasteiger charge is 2.24. The van der Waals surface area contributed by atoms with Gasteiger partial charge in [0.05, 0.1) is 0 Å². The predicted octanol–water partition coefficient (Wildman–Crippen LogP) is 3.59. The zero-order valence-electron chi connectivity index (χ0n) is 13.8. The lowest BCUT2D eigenvalue weighted by Crippen LogP contribution is -2.34. The van der Waals surface area contributed by atoms with E-state index < -0.39 is 0 Å². The monoisotopic (exact) mass is 310 g/mol. The number of nitrogens with two attached hydrogens (primary N) is 1. The zero-order chi connectivity index (χ0) is 15.9. The van der Waals surface area contributed by atoms with Crippen molar-refractivity contribution in [2.24, 2.45) is 17.1 Å². The minimum absolute atomic E-state index is 0.158. The molecule has 21 heavy (non-hydrogen) atoms. The first kappa shape index (κ1) is 18.2. The van der Waals surface area contributed by atoms with Crippen LogP contribution in [-0.4, -0.2) is 18.5 Å². The molecule has 3 N–H and O–H groups in total. The number of thiophene rings is 1. The van der Waals surface area contributed by atoms with E-state index in [2.05, 4.69) is 50.5 Å². The summed E-state index contributed by atoms with van der Waals surface area (Å²) in [5.74, 6) is 0.658. The van der Waals surface area contributed by atoms with E-state index in [0.29, 0.717) is 18.9 Å². The highest BCUT2D eigenvalue weighted by Crippen LogP contribution is 2.32. The van der Waals surface area contributed by atoms with E-state index in [4.69, 9.17) is 5.73 Å². The number of rotatable bonds is 8. The SMILES string of the molecule is CC(Cc1cccs1)NC(=O)CCC(CCN)C(C)(C)C. The van der Waals surface area contributed by atoms with E-state index >= 15 is 0 Å². The Hall–Kier alpha value is -0.870. The van der Waals surface area contributed by atoms with Crippen LogP contribution in [0.2, 0.25) is 0 Å². The highest BCUT2D eigenvalue weighted by molar-refractivity contribution is 7.09. The fourth-order valence-corrected chi connectivity index (χ4v) is 3.48. The molecule has 0 radical (unpaired) electrons. The van der Waals surface area contributed by atoms with E-state index in [1.54, 1.807) is 11.3 Å². The summed E-state index contributed by atoms with van der Waals surface area (Å²) in [4.78, 5) is 13.4. The van der Waals surface area contributed by atoms with Crippen LogP contribution < -0.4 is 11.1 Å². The van der Waals surface area contributed by atoms with Gasteiger partial charge in [0.2, 0.25) is 5.91 Å². The number of carbonyl (C=O) groups is 1. The van der Waals surface area contributed by atoms with E-state index in [9.17, 15) is 4.79 Å². The summed E-state index contributed by atoms with van der Waals surface area (Å²) in [7, 11) is 0. The van der Waals surface area contributed by atoms with E-state index in [1.165, 1.54) is 4.88 Å². The normalized spacial score (nSPS) is 14.7. The third-order valence-corrected chi connectivity index (χ3v) is 4.85. The molecule has 0 aliphatic rings. The molecular formula is C17H30N2OS. The Morgan fingerprint density at radius 2 is 2.10 bits per heavy atom. The van der Waals surface area contributed by atoms with Crippen molar-refractivity contribution in [2.45, 2.75) is 59.4 Å². The Balaban J connectivity index is 2.35. The fraction of sp³-hybridized carbons (Fsp3) is 0.706. The summed E-state index contributed by atoms with van der Waals surface area (Å²) in [5, 5.41) is 5.18. The smallest absolute Gasteiger partial charge is 0.220 e. The standard InChI is InChI=1S/C17H30N2OS/c1-13(12-15-6-5-11-21-15)19-16(20)8-7-14(9-10-18)17(2,3)4/h5-6,11,13-14H,7-10,12,18H2,1-4H3,(H,19,20). The summed E-state index contributed by atoms with van der Waals surface area (Å²) in [6.45, 7) is 9.44. The van der Waals surface area contributed by atoms with Gasteiger partial charge >= 0.3 is 0 Å². The predicted molar refractivity (Wildman–Crippen MR) is 91.5 cm³/mol. The zero-order valence-corrected chi connectivity index (χ0v) is 14.6. The first-order valence-electron chi connectivity index (χ1n) is 7.84. The molecule has 1 heterocycles. The molecule has 4 heteroatoms. The molecule has 1 amide bonds. The van der Waals surface area contributed by atoms with Crippen molar-refractivity contribution in [3.63, 3.8) is 0 Å². The van der Waals surface area contributed by atoms with Crippen LogP contribution in [0.15, 0.2) is 17.5 Å². The average molecular weight is 311 g/mol. The molecule has 1 rings (SSSR count). The van der Waals surface area contributed by atoms with Gasteiger partial charge in [0.1, 0.15) is 0 Å². The van der Waals surface area contributed by atoms with Crippen molar-refractivity contribution >= 4 is 17.2 Å². The Labute approximate surface area is 133 Å². The van der Waals surface area contributed by atoms with Gasteiger partial charge < -0.3 is 11.1 Å². The van der Waals surface area contributed by atoms with Crippen molar-refractivity contribution in [3.05, 3.63) is 22.4 Å². The Kier molecular flexibility index (Phi) is 7.40. The summed E-state index contributed by atoms with van der Waals surface area (Å²) in [5.41, 5.74) is 5.90. The van der Waals surface area contributed by atoms with Crippen LogP contribution >= 0.6 is 11.3 Å². The molecule has 1 aromatic heterocycles. The van der Waals surface area contributed by atoms with Gasteiger partial charge in [0, 0.05) is 23.8 Å². The average Bonchev–Trinajstić information content (AvgIpc) is 2.85. The number of amides is 1. The second kappa shape index (κ2) is 8.54. The van der Waals surface area contributed by atoms with Gasteiger partial charge in [-0.25, -0.2) is 0 Å². The molecule has 0 fully saturated rings. The van der Waals surface area contributed by atoms with Crippen molar-refractivity contribution in [2.75, 3.05) is 6.54 Å². The first-order chi connectivity index (χ1) is 9.82. The molecule has 0 saturated carbocycles. The molecule has 0 bridgehead atoms. The maximum Gasteiger partial charge on any atom is 0.220 e. The molecule has 0 aliphatic heterocycles. The van der Waals surface area contributed by atoms with Crippen LogP contribution in [0.5, 0.6) is 0 Å². The quantitative estimate of drug-likeness (QED) is 0.771. The van der Waals surface area contributed by atoms with E-state index in [-0.39, 0.29) is 17.4 Å². The number of nitrogens with one attached hydrogen (secondary N) is 1. The lowest BCUT2D eigenvalue weighted by Gasteiger charge is -2.30. The lowest BCUT2D eigenvalue weighted by atomic mass is 9.76. The molecule has 0 saturated heterocycles. The molecule has 0 spiro atoms. The second-order valence-electron chi connectivity index (χ2n) is 6.93. The third kappa shape index (κ3) is 7.09. The van der Waals surface area contributed by atoms with Gasteiger partial charge in [0.15, 0.2) is 0 Å². The van der Waals surface area contributed by atoms with Gasteiger partial charge in [0.25, 0.3) is 0 Å². The molecule has 1 aromatic rings. The van der Waals surface area contributed by atoms with Gasteiger partial charge in [-0.15, -0.1) is 11.3 Å². The van der Waals surface area contributed by atoms with Crippen molar-refractivity contribution in [1.82, 2.24) is 5.32 Å². The van der Waals surface area contributed by atoms with Crippen LogP contribution in [0.1, 0.15) is 51.8 Å². The van der Waals surface area contributed by atoms with Crippen LogP contribution in [0.4, 0.5) is 0 Å².